The minimum Gasteiger partial charge on any atom is -0.333 e. The number of hydrogen-bond acceptors (Lipinski definition) is 4. The van der Waals surface area contributed by atoms with Gasteiger partial charge in [0.1, 0.15) is 0 Å². The van der Waals surface area contributed by atoms with Crippen LogP contribution in [0.5, 0.6) is 0 Å². The zero-order chi connectivity index (χ0) is 20.1. The van der Waals surface area contributed by atoms with Gasteiger partial charge in [0, 0.05) is 42.8 Å². The van der Waals surface area contributed by atoms with Crippen molar-refractivity contribution >= 4 is 15.7 Å². The summed E-state index contributed by atoms with van der Waals surface area (Å²) in [7, 11) is -3.05. The molecule has 0 spiro atoms. The monoisotopic (exact) mass is 403 g/mol. The van der Waals surface area contributed by atoms with Crippen molar-refractivity contribution in [3.63, 3.8) is 0 Å². The molecule has 28 heavy (non-hydrogen) atoms. The van der Waals surface area contributed by atoms with Gasteiger partial charge in [0.05, 0.1) is 11.5 Å². The van der Waals surface area contributed by atoms with E-state index in [0.717, 1.165) is 25.3 Å². The summed E-state index contributed by atoms with van der Waals surface area (Å²) in [6.45, 7) is 7.29. The molecule has 0 N–H and O–H groups in total. The van der Waals surface area contributed by atoms with Gasteiger partial charge in [-0.3, -0.25) is 4.79 Å². The molecule has 2 aromatic rings. The van der Waals surface area contributed by atoms with E-state index in [0.29, 0.717) is 18.5 Å². The van der Waals surface area contributed by atoms with Crippen LogP contribution in [0.2, 0.25) is 0 Å². The fraction of sp³-hybridized carbons (Fsp3) is 0.476. The van der Waals surface area contributed by atoms with Gasteiger partial charge in [0.15, 0.2) is 9.84 Å². The van der Waals surface area contributed by atoms with Gasteiger partial charge in [-0.2, -0.15) is 0 Å². The largest absolute Gasteiger partial charge is 0.333 e. The Hall–Kier alpha value is -2.12. The molecule has 2 heterocycles. The fourth-order valence-corrected chi connectivity index (χ4v) is 5.44. The van der Waals surface area contributed by atoms with Gasteiger partial charge in [0.2, 0.25) is 0 Å². The molecule has 1 aliphatic heterocycles. The zero-order valence-corrected chi connectivity index (χ0v) is 17.4. The normalized spacial score (nSPS) is 18.5. The van der Waals surface area contributed by atoms with Crippen molar-refractivity contribution < 1.29 is 13.2 Å². The van der Waals surface area contributed by atoms with Gasteiger partial charge in [0.25, 0.3) is 5.91 Å². The lowest BCUT2D eigenvalue weighted by molar-refractivity contribution is 0.0674. The summed E-state index contributed by atoms with van der Waals surface area (Å²) >= 11 is 0. The first-order chi connectivity index (χ1) is 13.4. The maximum Gasteiger partial charge on any atom is 0.254 e. The van der Waals surface area contributed by atoms with Crippen LogP contribution in [0.15, 0.2) is 48.8 Å². The van der Waals surface area contributed by atoms with Crippen LogP contribution in [0.25, 0.3) is 5.69 Å². The Bertz CT molecular complexity index is 872. The molecule has 152 valence electrons. The van der Waals surface area contributed by atoms with Crippen LogP contribution in [-0.4, -0.2) is 72.4 Å². The summed E-state index contributed by atoms with van der Waals surface area (Å²) < 4.78 is 25.9. The van der Waals surface area contributed by atoms with E-state index in [2.05, 4.69) is 18.7 Å². The molecule has 0 aliphatic carbocycles. The molecule has 1 unspecified atom stereocenters. The predicted molar refractivity (Wildman–Crippen MR) is 112 cm³/mol. The lowest BCUT2D eigenvalue weighted by atomic mass is 10.1. The summed E-state index contributed by atoms with van der Waals surface area (Å²) in [5.74, 6) is 0.144. The number of carbonyl (C=O) groups is 1. The van der Waals surface area contributed by atoms with Gasteiger partial charge < -0.3 is 14.4 Å². The SMILES string of the molecule is CCN(CC)CCN(C(=O)c1ccc(-n2cccc2)cc1)C1CCS(=O)(=O)C1. The van der Waals surface area contributed by atoms with E-state index in [9.17, 15) is 13.2 Å². The first-order valence-corrected chi connectivity index (χ1v) is 11.7. The third-order valence-electron chi connectivity index (χ3n) is 5.48. The Labute approximate surface area is 167 Å². The van der Waals surface area contributed by atoms with Crippen LogP contribution >= 0.6 is 0 Å². The van der Waals surface area contributed by atoms with Crippen molar-refractivity contribution in [3.05, 3.63) is 54.4 Å². The maximum atomic E-state index is 13.2. The van der Waals surface area contributed by atoms with E-state index in [4.69, 9.17) is 0 Å². The summed E-state index contributed by atoms with van der Waals surface area (Å²) in [5.41, 5.74) is 1.58. The number of rotatable bonds is 8. The van der Waals surface area contributed by atoms with E-state index in [-0.39, 0.29) is 23.5 Å². The highest BCUT2D eigenvalue weighted by atomic mass is 32.2. The van der Waals surface area contributed by atoms with Crippen molar-refractivity contribution in [2.45, 2.75) is 26.3 Å². The van der Waals surface area contributed by atoms with Gasteiger partial charge in [-0.05, 0) is 55.9 Å². The zero-order valence-electron chi connectivity index (χ0n) is 16.6. The standard InChI is InChI=1S/C21H29N3O3S/c1-3-22(4-2)14-15-24(20-11-16-28(26,27)17-20)21(25)18-7-9-19(10-8-18)23-12-5-6-13-23/h5-10,12-13,20H,3-4,11,14-17H2,1-2H3. The molecule has 1 aromatic carbocycles. The third kappa shape index (κ3) is 4.83. The Morgan fingerprint density at radius 1 is 1.07 bits per heavy atom. The molecular weight excluding hydrogens is 374 g/mol. The quantitative estimate of drug-likeness (QED) is 0.679. The van der Waals surface area contributed by atoms with Crippen LogP contribution in [-0.2, 0) is 9.84 Å². The number of nitrogens with zero attached hydrogens (tertiary/aromatic N) is 3. The Balaban J connectivity index is 1.79. The molecule has 1 atom stereocenters. The average Bonchev–Trinajstić information content (AvgIpc) is 3.35. The molecular formula is C21H29N3O3S. The second-order valence-corrected chi connectivity index (χ2v) is 9.45. The molecule has 7 heteroatoms. The predicted octanol–water partition coefficient (Wildman–Crippen LogP) is 2.45. The highest BCUT2D eigenvalue weighted by Gasteiger charge is 2.35. The summed E-state index contributed by atoms with van der Waals surface area (Å²) in [4.78, 5) is 17.3. The number of amides is 1. The molecule has 1 saturated heterocycles. The van der Waals surface area contributed by atoms with E-state index in [1.54, 1.807) is 4.90 Å². The van der Waals surface area contributed by atoms with Crippen LogP contribution in [0.4, 0.5) is 0 Å². The van der Waals surface area contributed by atoms with Crippen molar-refractivity contribution in [2.75, 3.05) is 37.7 Å². The number of likely N-dealkylation sites (N-methyl/N-ethyl adjacent to an activating group) is 1. The highest BCUT2D eigenvalue weighted by Crippen LogP contribution is 2.21. The number of hydrogen-bond donors (Lipinski definition) is 0. The molecule has 1 aromatic heterocycles. The molecule has 3 rings (SSSR count). The molecule has 1 amide bonds. The number of aromatic nitrogens is 1. The second kappa shape index (κ2) is 8.92. The smallest absolute Gasteiger partial charge is 0.254 e. The van der Waals surface area contributed by atoms with Gasteiger partial charge in [-0.25, -0.2) is 8.42 Å². The molecule has 1 fully saturated rings. The van der Waals surface area contributed by atoms with Gasteiger partial charge in [-0.1, -0.05) is 13.8 Å². The van der Waals surface area contributed by atoms with Crippen LogP contribution in [0.3, 0.4) is 0 Å². The summed E-state index contributed by atoms with van der Waals surface area (Å²) in [6, 6.07) is 11.2. The first-order valence-electron chi connectivity index (χ1n) is 9.90. The molecule has 1 aliphatic rings. The average molecular weight is 404 g/mol. The third-order valence-corrected chi connectivity index (χ3v) is 7.23. The fourth-order valence-electron chi connectivity index (χ4n) is 3.71. The number of carbonyl (C=O) groups excluding carboxylic acids is 1. The van der Waals surface area contributed by atoms with Crippen molar-refractivity contribution in [2.24, 2.45) is 0 Å². The topological polar surface area (TPSA) is 62.6 Å². The Morgan fingerprint density at radius 2 is 1.71 bits per heavy atom. The van der Waals surface area contributed by atoms with Gasteiger partial charge in [-0.15, -0.1) is 0 Å². The van der Waals surface area contributed by atoms with Crippen LogP contribution < -0.4 is 0 Å². The number of benzene rings is 1. The summed E-state index contributed by atoms with van der Waals surface area (Å²) in [5, 5.41) is 0. The van der Waals surface area contributed by atoms with Crippen LogP contribution in [0.1, 0.15) is 30.6 Å². The second-order valence-electron chi connectivity index (χ2n) is 7.22. The lowest BCUT2D eigenvalue weighted by Crippen LogP contribution is -2.45. The van der Waals surface area contributed by atoms with Crippen molar-refractivity contribution in [1.29, 1.82) is 0 Å². The minimum absolute atomic E-state index is 0.0679. The molecule has 0 bridgehead atoms. The minimum atomic E-state index is -3.05. The van der Waals surface area contributed by atoms with E-state index in [1.807, 2.05) is 53.4 Å². The van der Waals surface area contributed by atoms with Crippen molar-refractivity contribution in [3.8, 4) is 5.69 Å². The molecule has 0 saturated carbocycles. The lowest BCUT2D eigenvalue weighted by Gasteiger charge is -2.31. The molecule has 6 nitrogen and oxygen atoms in total. The van der Waals surface area contributed by atoms with E-state index < -0.39 is 9.84 Å². The van der Waals surface area contributed by atoms with Crippen LogP contribution in [0, 0.1) is 0 Å². The summed E-state index contributed by atoms with van der Waals surface area (Å²) in [6.07, 6.45) is 4.43. The highest BCUT2D eigenvalue weighted by molar-refractivity contribution is 7.91. The Morgan fingerprint density at radius 3 is 2.25 bits per heavy atom. The Kier molecular flexibility index (Phi) is 6.57. The van der Waals surface area contributed by atoms with Crippen molar-refractivity contribution in [1.82, 2.24) is 14.4 Å². The van der Waals surface area contributed by atoms with E-state index in [1.165, 1.54) is 0 Å². The number of sulfone groups is 1. The first kappa shape index (κ1) is 20.6. The molecule has 0 radical (unpaired) electrons. The maximum absolute atomic E-state index is 13.2. The van der Waals surface area contributed by atoms with E-state index >= 15 is 0 Å². The van der Waals surface area contributed by atoms with Gasteiger partial charge >= 0.3 is 0 Å².